The zero-order valence-electron chi connectivity index (χ0n) is 19.6. The van der Waals surface area contributed by atoms with Crippen molar-refractivity contribution in [2.75, 3.05) is 32.7 Å². The van der Waals surface area contributed by atoms with Gasteiger partial charge in [-0.2, -0.15) is 0 Å². The number of likely N-dealkylation sites (tertiary alicyclic amines) is 1. The monoisotopic (exact) mass is 472 g/mol. The lowest BCUT2D eigenvalue weighted by atomic mass is 9.92. The molecule has 3 amide bonds. The number of carboxylic acids is 1. The van der Waals surface area contributed by atoms with Gasteiger partial charge in [-0.3, -0.25) is 19.2 Å². The number of piperidine rings is 2. The van der Waals surface area contributed by atoms with Crippen molar-refractivity contribution in [2.24, 2.45) is 11.8 Å². The molecule has 2 atom stereocenters. The second-order valence-electron chi connectivity index (χ2n) is 9.29. The highest BCUT2D eigenvalue weighted by Crippen LogP contribution is 2.21. The van der Waals surface area contributed by atoms with Crippen LogP contribution in [0.15, 0.2) is 30.3 Å². The maximum atomic E-state index is 12.9. The van der Waals surface area contributed by atoms with E-state index in [1.807, 2.05) is 0 Å². The maximum Gasteiger partial charge on any atom is 0.305 e. The molecule has 2 saturated heterocycles. The fourth-order valence-corrected chi connectivity index (χ4v) is 4.69. The predicted octanol–water partition coefficient (Wildman–Crippen LogP) is 1.39. The Hall–Kier alpha value is -2.94. The van der Waals surface area contributed by atoms with E-state index in [1.165, 1.54) is 0 Å². The Balaban J connectivity index is 1.48. The molecule has 3 rings (SSSR count). The van der Waals surface area contributed by atoms with Gasteiger partial charge in [-0.25, -0.2) is 0 Å². The Morgan fingerprint density at radius 1 is 1.09 bits per heavy atom. The van der Waals surface area contributed by atoms with Gasteiger partial charge in [0.15, 0.2) is 0 Å². The van der Waals surface area contributed by atoms with Gasteiger partial charge in [-0.1, -0.05) is 18.2 Å². The SMILES string of the molecule is O=C(O)C[C@@H](CNC(=O)c1ccccc1)NC(=O)[C@@H]1CCCN(C(=O)CCC2CCNCC2)C1. The van der Waals surface area contributed by atoms with Crippen molar-refractivity contribution in [1.82, 2.24) is 20.9 Å². The fourth-order valence-electron chi connectivity index (χ4n) is 4.69. The molecule has 0 aromatic heterocycles. The van der Waals surface area contributed by atoms with E-state index >= 15 is 0 Å². The second-order valence-corrected chi connectivity index (χ2v) is 9.29. The summed E-state index contributed by atoms with van der Waals surface area (Å²) in [5.41, 5.74) is 0.467. The number of benzene rings is 1. The molecular formula is C25H36N4O5. The summed E-state index contributed by atoms with van der Waals surface area (Å²) in [6, 6.07) is 7.89. The highest BCUT2D eigenvalue weighted by molar-refractivity contribution is 5.94. The Bertz CT molecular complexity index is 841. The lowest BCUT2D eigenvalue weighted by molar-refractivity contribution is -0.138. The maximum absolute atomic E-state index is 12.9. The van der Waals surface area contributed by atoms with Crippen LogP contribution in [-0.4, -0.2) is 72.5 Å². The van der Waals surface area contributed by atoms with Crippen molar-refractivity contribution in [3.8, 4) is 0 Å². The molecule has 0 radical (unpaired) electrons. The van der Waals surface area contributed by atoms with E-state index in [4.69, 9.17) is 0 Å². The van der Waals surface area contributed by atoms with Crippen molar-refractivity contribution in [3.63, 3.8) is 0 Å². The standard InChI is InChI=1S/C25H36N4O5/c30-22(9-8-18-10-12-26-13-11-18)29-14-4-7-20(17-29)25(34)28-21(15-23(31)32)16-27-24(33)19-5-2-1-3-6-19/h1-3,5-6,18,20-21,26H,4,7-17H2,(H,27,33)(H,28,34)(H,31,32)/t20-,21+/m1/s1. The number of nitrogens with zero attached hydrogens (tertiary/aromatic N) is 1. The Morgan fingerprint density at radius 2 is 1.82 bits per heavy atom. The van der Waals surface area contributed by atoms with Crippen LogP contribution in [0.5, 0.6) is 0 Å². The van der Waals surface area contributed by atoms with Gasteiger partial charge in [-0.05, 0) is 63.2 Å². The van der Waals surface area contributed by atoms with Gasteiger partial charge in [-0.15, -0.1) is 0 Å². The summed E-state index contributed by atoms with van der Waals surface area (Å²) in [6.45, 7) is 3.03. The molecule has 0 aliphatic carbocycles. The first kappa shape index (κ1) is 25.7. The predicted molar refractivity (Wildman–Crippen MR) is 127 cm³/mol. The van der Waals surface area contributed by atoms with Gasteiger partial charge in [0, 0.05) is 31.6 Å². The van der Waals surface area contributed by atoms with Crippen LogP contribution in [0.2, 0.25) is 0 Å². The summed E-state index contributed by atoms with van der Waals surface area (Å²) in [5.74, 6) is -1.36. The van der Waals surface area contributed by atoms with E-state index in [9.17, 15) is 24.3 Å². The van der Waals surface area contributed by atoms with Crippen LogP contribution in [0.25, 0.3) is 0 Å². The number of amides is 3. The summed E-state index contributed by atoms with van der Waals surface area (Å²) in [7, 11) is 0. The van der Waals surface area contributed by atoms with Crippen molar-refractivity contribution in [2.45, 2.75) is 51.0 Å². The molecule has 1 aromatic rings. The molecule has 2 aliphatic heterocycles. The number of aliphatic carboxylic acids is 1. The minimum atomic E-state index is -1.06. The molecule has 0 bridgehead atoms. The number of rotatable bonds is 10. The molecule has 9 nitrogen and oxygen atoms in total. The van der Waals surface area contributed by atoms with Gasteiger partial charge in [0.25, 0.3) is 5.91 Å². The third-order valence-corrected chi connectivity index (χ3v) is 6.68. The Morgan fingerprint density at radius 3 is 2.53 bits per heavy atom. The Labute approximate surface area is 200 Å². The highest BCUT2D eigenvalue weighted by Gasteiger charge is 2.30. The minimum Gasteiger partial charge on any atom is -0.481 e. The van der Waals surface area contributed by atoms with Crippen LogP contribution in [-0.2, 0) is 14.4 Å². The van der Waals surface area contributed by atoms with Crippen molar-refractivity contribution in [1.29, 1.82) is 0 Å². The van der Waals surface area contributed by atoms with E-state index in [-0.39, 0.29) is 36.6 Å². The van der Waals surface area contributed by atoms with Crippen LogP contribution in [0.3, 0.4) is 0 Å². The molecule has 4 N–H and O–H groups in total. The average molecular weight is 473 g/mol. The van der Waals surface area contributed by atoms with E-state index in [0.717, 1.165) is 38.8 Å². The number of hydrogen-bond acceptors (Lipinski definition) is 5. The van der Waals surface area contributed by atoms with Gasteiger partial charge in [0.05, 0.1) is 18.4 Å². The van der Waals surface area contributed by atoms with Crippen molar-refractivity contribution in [3.05, 3.63) is 35.9 Å². The van der Waals surface area contributed by atoms with Crippen LogP contribution in [0.1, 0.15) is 55.3 Å². The van der Waals surface area contributed by atoms with E-state index in [1.54, 1.807) is 35.2 Å². The lowest BCUT2D eigenvalue weighted by Crippen LogP contribution is -2.50. The molecule has 0 saturated carbocycles. The van der Waals surface area contributed by atoms with Gasteiger partial charge < -0.3 is 26.0 Å². The quantitative estimate of drug-likeness (QED) is 0.408. The number of carbonyl (C=O) groups excluding carboxylic acids is 3. The zero-order chi connectivity index (χ0) is 24.3. The molecule has 0 unspecified atom stereocenters. The molecular weight excluding hydrogens is 436 g/mol. The Kier molecular flexibility index (Phi) is 9.88. The topological polar surface area (TPSA) is 128 Å². The summed E-state index contributed by atoms with van der Waals surface area (Å²) in [4.78, 5) is 51.0. The van der Waals surface area contributed by atoms with Crippen LogP contribution in [0, 0.1) is 11.8 Å². The molecule has 2 heterocycles. The highest BCUT2D eigenvalue weighted by atomic mass is 16.4. The molecule has 1 aromatic carbocycles. The van der Waals surface area contributed by atoms with Crippen LogP contribution < -0.4 is 16.0 Å². The normalized spacial score (nSPS) is 19.8. The fraction of sp³-hybridized carbons (Fsp3) is 0.600. The van der Waals surface area contributed by atoms with Crippen molar-refractivity contribution < 1.29 is 24.3 Å². The molecule has 34 heavy (non-hydrogen) atoms. The molecule has 186 valence electrons. The smallest absolute Gasteiger partial charge is 0.305 e. The van der Waals surface area contributed by atoms with Crippen LogP contribution >= 0.6 is 0 Å². The third-order valence-electron chi connectivity index (χ3n) is 6.68. The second kappa shape index (κ2) is 13.1. The number of carboxylic acid groups (broad SMARTS) is 1. The first-order valence-corrected chi connectivity index (χ1v) is 12.3. The largest absolute Gasteiger partial charge is 0.481 e. The third kappa shape index (κ3) is 8.13. The first-order chi connectivity index (χ1) is 16.4. The minimum absolute atomic E-state index is 0.0113. The lowest BCUT2D eigenvalue weighted by Gasteiger charge is -2.33. The summed E-state index contributed by atoms with van der Waals surface area (Å²) in [5, 5.41) is 18.1. The molecule has 2 aliphatic rings. The average Bonchev–Trinajstić information content (AvgIpc) is 2.86. The van der Waals surface area contributed by atoms with E-state index in [2.05, 4.69) is 16.0 Å². The van der Waals surface area contributed by atoms with Crippen LogP contribution in [0.4, 0.5) is 0 Å². The molecule has 0 spiro atoms. The summed E-state index contributed by atoms with van der Waals surface area (Å²) >= 11 is 0. The first-order valence-electron chi connectivity index (χ1n) is 12.3. The van der Waals surface area contributed by atoms with E-state index in [0.29, 0.717) is 37.4 Å². The molecule has 2 fully saturated rings. The number of hydrogen-bond donors (Lipinski definition) is 4. The zero-order valence-corrected chi connectivity index (χ0v) is 19.6. The summed E-state index contributed by atoms with van der Waals surface area (Å²) < 4.78 is 0. The van der Waals surface area contributed by atoms with Gasteiger partial charge in [0.2, 0.25) is 11.8 Å². The summed E-state index contributed by atoms with van der Waals surface area (Å²) in [6.07, 6.45) is 4.69. The molecule has 9 heteroatoms. The van der Waals surface area contributed by atoms with E-state index < -0.39 is 12.0 Å². The number of nitrogens with one attached hydrogen (secondary N) is 3. The van der Waals surface area contributed by atoms with Gasteiger partial charge >= 0.3 is 5.97 Å². The van der Waals surface area contributed by atoms with Gasteiger partial charge in [0.1, 0.15) is 0 Å². The number of carbonyl (C=O) groups is 4. The van der Waals surface area contributed by atoms with Crippen molar-refractivity contribution >= 4 is 23.7 Å².